The summed E-state index contributed by atoms with van der Waals surface area (Å²) < 4.78 is 0. The lowest BCUT2D eigenvalue weighted by Crippen LogP contribution is -2.49. The normalized spacial score (nSPS) is 38.1. The summed E-state index contributed by atoms with van der Waals surface area (Å²) in [5, 5.41) is 8.92. The van der Waals surface area contributed by atoms with Crippen molar-refractivity contribution in [1.29, 1.82) is 0 Å². The van der Waals surface area contributed by atoms with Crippen molar-refractivity contribution in [2.45, 2.75) is 90.9 Å². The third kappa shape index (κ3) is 3.40. The Bertz CT molecular complexity index is 821. The molecule has 0 aromatic rings. The Kier molecular flexibility index (Phi) is 5.57. The zero-order valence-corrected chi connectivity index (χ0v) is 18.6. The molecule has 0 radical (unpaired) electrons. The van der Waals surface area contributed by atoms with E-state index in [4.69, 9.17) is 5.11 Å². The standard InChI is InChI=1S/C26H36O4/c1-16(13-22(29)30)7-6-9-17-10-11-19-23-20(27)14-18-8-4-5-12-25(18,2)24(23)21(28)15-26(17,19)3/h17-19H,1,4-15H2,2-3H3,(H,29,30). The van der Waals surface area contributed by atoms with Gasteiger partial charge in [0.1, 0.15) is 0 Å². The number of carboxylic acids is 1. The summed E-state index contributed by atoms with van der Waals surface area (Å²) >= 11 is 0. The number of carbonyl (C=O) groups excluding carboxylic acids is 2. The Morgan fingerprint density at radius 2 is 1.90 bits per heavy atom. The minimum Gasteiger partial charge on any atom is -0.481 e. The van der Waals surface area contributed by atoms with Gasteiger partial charge < -0.3 is 5.11 Å². The van der Waals surface area contributed by atoms with Gasteiger partial charge in [0.2, 0.25) is 0 Å². The molecular formula is C26H36O4. The number of aliphatic carboxylic acids is 1. The predicted octanol–water partition coefficient (Wildman–Crippen LogP) is 5.66. The van der Waals surface area contributed by atoms with Gasteiger partial charge in [-0.25, -0.2) is 0 Å². The molecule has 0 aromatic heterocycles. The van der Waals surface area contributed by atoms with Crippen molar-refractivity contribution in [2.24, 2.45) is 28.6 Å². The van der Waals surface area contributed by atoms with Gasteiger partial charge in [-0.15, -0.1) is 0 Å². The Balaban J connectivity index is 1.56. The molecule has 0 saturated heterocycles. The maximum atomic E-state index is 13.5. The topological polar surface area (TPSA) is 71.4 Å². The maximum absolute atomic E-state index is 13.5. The minimum atomic E-state index is -0.824. The van der Waals surface area contributed by atoms with Gasteiger partial charge in [-0.3, -0.25) is 14.4 Å². The number of fused-ring (bicyclic) bond motifs is 4. The molecule has 2 fully saturated rings. The Morgan fingerprint density at radius 1 is 1.13 bits per heavy atom. The molecule has 0 aromatic carbocycles. The molecule has 4 nitrogen and oxygen atoms in total. The van der Waals surface area contributed by atoms with E-state index >= 15 is 0 Å². The summed E-state index contributed by atoms with van der Waals surface area (Å²) in [6, 6.07) is 0. The van der Waals surface area contributed by atoms with Crippen LogP contribution in [-0.4, -0.2) is 22.6 Å². The molecule has 2 saturated carbocycles. The molecule has 30 heavy (non-hydrogen) atoms. The third-order valence-corrected chi connectivity index (χ3v) is 9.16. The monoisotopic (exact) mass is 412 g/mol. The summed E-state index contributed by atoms with van der Waals surface area (Å²) in [5.41, 5.74) is 2.41. The van der Waals surface area contributed by atoms with E-state index < -0.39 is 5.97 Å². The van der Waals surface area contributed by atoms with Crippen LogP contribution >= 0.6 is 0 Å². The SMILES string of the molecule is C=C(CCCC1CCC2C3=C(C(=O)CC12C)C1(C)CCCCC1CC3=O)CC(=O)O. The first-order chi connectivity index (χ1) is 14.2. The van der Waals surface area contributed by atoms with Crippen LogP contribution in [0.15, 0.2) is 23.3 Å². The van der Waals surface area contributed by atoms with Crippen molar-refractivity contribution in [1.82, 2.24) is 0 Å². The van der Waals surface area contributed by atoms with Crippen LogP contribution in [0.5, 0.6) is 0 Å². The van der Waals surface area contributed by atoms with E-state index in [1.165, 1.54) is 6.42 Å². The first kappa shape index (κ1) is 21.5. The lowest BCUT2D eigenvalue weighted by molar-refractivity contribution is -0.136. The molecule has 5 unspecified atom stereocenters. The molecule has 164 valence electrons. The van der Waals surface area contributed by atoms with Gasteiger partial charge in [0, 0.05) is 24.0 Å². The lowest BCUT2D eigenvalue weighted by Gasteiger charge is -2.52. The van der Waals surface area contributed by atoms with E-state index in [-0.39, 0.29) is 34.7 Å². The fourth-order valence-electron chi connectivity index (χ4n) is 7.54. The van der Waals surface area contributed by atoms with Crippen LogP contribution in [0.2, 0.25) is 0 Å². The van der Waals surface area contributed by atoms with Crippen molar-refractivity contribution < 1.29 is 19.5 Å². The largest absolute Gasteiger partial charge is 0.481 e. The average molecular weight is 413 g/mol. The fraction of sp³-hybridized carbons (Fsp3) is 0.731. The summed E-state index contributed by atoms with van der Waals surface area (Å²) in [5.74, 6) is 0.675. The quantitative estimate of drug-likeness (QED) is 0.572. The van der Waals surface area contributed by atoms with Crippen molar-refractivity contribution in [3.05, 3.63) is 23.3 Å². The summed E-state index contributed by atoms with van der Waals surface area (Å²) in [6.45, 7) is 8.40. The van der Waals surface area contributed by atoms with Crippen molar-refractivity contribution in [3.63, 3.8) is 0 Å². The number of Topliss-reactive ketones (excluding diaryl/α,β-unsaturated/α-hetero) is 2. The second kappa shape index (κ2) is 7.76. The fourth-order valence-corrected chi connectivity index (χ4v) is 7.54. The number of carbonyl (C=O) groups is 3. The molecular weight excluding hydrogens is 376 g/mol. The van der Waals surface area contributed by atoms with Crippen molar-refractivity contribution >= 4 is 17.5 Å². The molecule has 0 spiro atoms. The van der Waals surface area contributed by atoms with Gasteiger partial charge in [-0.05, 0) is 73.5 Å². The number of rotatable bonds is 6. The molecule has 4 aliphatic carbocycles. The van der Waals surface area contributed by atoms with Crippen LogP contribution < -0.4 is 0 Å². The minimum absolute atomic E-state index is 0.0353. The van der Waals surface area contributed by atoms with E-state index in [2.05, 4.69) is 20.4 Å². The number of carboxylic acid groups (broad SMARTS) is 1. The number of allylic oxidation sites excluding steroid dienone is 2. The van der Waals surface area contributed by atoms with Crippen LogP contribution in [0.4, 0.5) is 0 Å². The van der Waals surface area contributed by atoms with Gasteiger partial charge in [0.15, 0.2) is 11.6 Å². The van der Waals surface area contributed by atoms with Crippen LogP contribution in [0.1, 0.15) is 90.9 Å². The number of hydrogen-bond donors (Lipinski definition) is 1. The number of ketones is 2. The lowest BCUT2D eigenvalue weighted by atomic mass is 9.50. The highest BCUT2D eigenvalue weighted by Gasteiger charge is 2.59. The first-order valence-electron chi connectivity index (χ1n) is 11.9. The third-order valence-electron chi connectivity index (χ3n) is 9.16. The Morgan fingerprint density at radius 3 is 2.63 bits per heavy atom. The molecule has 4 heteroatoms. The van der Waals surface area contributed by atoms with Gasteiger partial charge >= 0.3 is 5.97 Å². The Labute approximate surface area is 180 Å². The van der Waals surface area contributed by atoms with E-state index in [9.17, 15) is 14.4 Å². The average Bonchev–Trinajstić information content (AvgIpc) is 2.97. The second-order valence-electron chi connectivity index (χ2n) is 10.9. The van der Waals surface area contributed by atoms with E-state index in [1.807, 2.05) is 0 Å². The first-order valence-corrected chi connectivity index (χ1v) is 11.9. The summed E-state index contributed by atoms with van der Waals surface area (Å²) in [4.78, 5) is 37.7. The summed E-state index contributed by atoms with van der Waals surface area (Å²) in [6.07, 6.45) is 10.4. The van der Waals surface area contributed by atoms with Crippen LogP contribution in [0, 0.1) is 28.6 Å². The Hall–Kier alpha value is -1.71. The van der Waals surface area contributed by atoms with Gasteiger partial charge in [-0.1, -0.05) is 38.8 Å². The molecule has 0 heterocycles. The van der Waals surface area contributed by atoms with Gasteiger partial charge in [-0.2, -0.15) is 0 Å². The van der Waals surface area contributed by atoms with E-state index in [0.29, 0.717) is 24.7 Å². The van der Waals surface area contributed by atoms with Gasteiger partial charge in [0.25, 0.3) is 0 Å². The zero-order chi connectivity index (χ0) is 21.7. The van der Waals surface area contributed by atoms with Crippen LogP contribution in [-0.2, 0) is 14.4 Å². The van der Waals surface area contributed by atoms with Crippen molar-refractivity contribution in [3.8, 4) is 0 Å². The molecule has 1 N–H and O–H groups in total. The second-order valence-corrected chi connectivity index (χ2v) is 10.9. The van der Waals surface area contributed by atoms with Gasteiger partial charge in [0.05, 0.1) is 6.42 Å². The molecule has 4 aliphatic rings. The molecule has 5 atom stereocenters. The summed E-state index contributed by atoms with van der Waals surface area (Å²) in [7, 11) is 0. The number of hydrogen-bond acceptors (Lipinski definition) is 3. The predicted molar refractivity (Wildman–Crippen MR) is 116 cm³/mol. The van der Waals surface area contributed by atoms with E-state index in [1.54, 1.807) is 0 Å². The zero-order valence-electron chi connectivity index (χ0n) is 18.6. The molecule has 0 aliphatic heterocycles. The van der Waals surface area contributed by atoms with Crippen LogP contribution in [0.3, 0.4) is 0 Å². The van der Waals surface area contributed by atoms with E-state index in [0.717, 1.165) is 68.1 Å². The molecule has 0 bridgehead atoms. The molecule has 0 amide bonds. The van der Waals surface area contributed by atoms with Crippen LogP contribution in [0.25, 0.3) is 0 Å². The maximum Gasteiger partial charge on any atom is 0.307 e. The highest BCUT2D eigenvalue weighted by Crippen LogP contribution is 2.63. The van der Waals surface area contributed by atoms with Crippen molar-refractivity contribution in [2.75, 3.05) is 0 Å². The molecule has 4 rings (SSSR count). The smallest absolute Gasteiger partial charge is 0.307 e. The highest BCUT2D eigenvalue weighted by molar-refractivity contribution is 6.10. The highest BCUT2D eigenvalue weighted by atomic mass is 16.4.